The molecule has 1 aromatic carbocycles. The third-order valence-electron chi connectivity index (χ3n) is 5.57. The number of urea groups is 1. The maximum atomic E-state index is 12.7. The van der Waals surface area contributed by atoms with Gasteiger partial charge in [-0.15, -0.1) is 0 Å². The summed E-state index contributed by atoms with van der Waals surface area (Å²) in [4.78, 5) is 30.9. The third-order valence-corrected chi connectivity index (χ3v) is 5.87. The number of carbonyl (C=O) groups is 2. The van der Waals surface area contributed by atoms with Crippen LogP contribution in [0.1, 0.15) is 48.4 Å². The first kappa shape index (κ1) is 19.0. The molecule has 2 aliphatic rings. The first-order valence-electron chi connectivity index (χ1n) is 9.42. The summed E-state index contributed by atoms with van der Waals surface area (Å²) >= 11 is 6.47. The Bertz CT molecular complexity index is 936. The molecule has 0 bridgehead atoms. The lowest BCUT2D eigenvalue weighted by atomic mass is 9.74. The molecule has 1 aliphatic heterocycles. The fourth-order valence-corrected chi connectivity index (χ4v) is 4.40. The van der Waals surface area contributed by atoms with Crippen LogP contribution >= 0.6 is 11.6 Å². The first-order valence-corrected chi connectivity index (χ1v) is 9.80. The van der Waals surface area contributed by atoms with Gasteiger partial charge in [0.2, 0.25) is 0 Å². The number of likely N-dealkylation sites (N-methyl/N-ethyl adjacent to an activating group) is 1. The number of amides is 3. The molecule has 0 atom stereocenters. The third kappa shape index (κ3) is 3.10. The van der Waals surface area contributed by atoms with Gasteiger partial charge in [-0.05, 0) is 18.9 Å². The molecule has 0 unspecified atom stereocenters. The van der Waals surface area contributed by atoms with E-state index in [9.17, 15) is 9.59 Å². The van der Waals surface area contributed by atoms with Crippen molar-refractivity contribution in [3.05, 3.63) is 22.5 Å². The number of methoxy groups -OCH3 is 1. The maximum Gasteiger partial charge on any atom is 0.319 e. The minimum Gasteiger partial charge on any atom is -0.432 e. The van der Waals surface area contributed by atoms with E-state index < -0.39 is 5.54 Å². The molecule has 3 amide bonds. The summed E-state index contributed by atoms with van der Waals surface area (Å²) in [5, 5.41) is 6.28. The zero-order valence-corrected chi connectivity index (χ0v) is 16.7. The molecule has 150 valence electrons. The van der Waals surface area contributed by atoms with E-state index in [0.29, 0.717) is 35.0 Å². The molecule has 9 heteroatoms. The number of carbonyl (C=O) groups excluding carboxylic acids is 2. The van der Waals surface area contributed by atoms with E-state index in [1.807, 2.05) is 0 Å². The summed E-state index contributed by atoms with van der Waals surface area (Å²) in [7, 11) is 3.25. The van der Waals surface area contributed by atoms with Crippen LogP contribution in [0.2, 0.25) is 5.02 Å². The molecule has 1 fully saturated rings. The number of anilines is 1. The Labute approximate surface area is 167 Å². The number of hydrogen-bond acceptors (Lipinski definition) is 5. The highest BCUT2D eigenvalue weighted by atomic mass is 35.5. The Morgan fingerprint density at radius 3 is 2.86 bits per heavy atom. The van der Waals surface area contributed by atoms with E-state index in [0.717, 1.165) is 37.7 Å². The molecule has 2 heterocycles. The Morgan fingerprint density at radius 1 is 1.39 bits per heavy atom. The van der Waals surface area contributed by atoms with Crippen LogP contribution in [-0.2, 0) is 10.3 Å². The monoisotopic (exact) mass is 406 g/mol. The number of aromatic nitrogens is 1. The average molecular weight is 407 g/mol. The predicted octanol–water partition coefficient (Wildman–Crippen LogP) is 3.49. The van der Waals surface area contributed by atoms with Crippen molar-refractivity contribution >= 4 is 40.3 Å². The van der Waals surface area contributed by atoms with Gasteiger partial charge in [-0.3, -0.25) is 4.79 Å². The highest BCUT2D eigenvalue weighted by Gasteiger charge is 2.44. The van der Waals surface area contributed by atoms with Gasteiger partial charge in [0.1, 0.15) is 5.52 Å². The summed E-state index contributed by atoms with van der Waals surface area (Å²) in [6.07, 6.45) is 4.69. The van der Waals surface area contributed by atoms with E-state index in [2.05, 4.69) is 15.6 Å². The van der Waals surface area contributed by atoms with Crippen LogP contribution in [0.5, 0.6) is 0 Å². The van der Waals surface area contributed by atoms with Gasteiger partial charge in [-0.1, -0.05) is 30.9 Å². The van der Waals surface area contributed by atoms with Crippen molar-refractivity contribution in [2.24, 2.45) is 0 Å². The van der Waals surface area contributed by atoms with Crippen molar-refractivity contribution in [3.63, 3.8) is 0 Å². The van der Waals surface area contributed by atoms with Crippen LogP contribution in [0.3, 0.4) is 0 Å². The standard InChI is InChI=1S/C19H23ClN4O4/c1-24(8-9-27-2)17(25)16-21-12-10-11(20)14-13(15(12)28-16)19(23-18(26)22-14)6-4-3-5-7-19/h10H,3-9H2,1-2H3,(H2,22,23,26). The Kier molecular flexibility index (Phi) is 4.93. The number of hydrogen-bond donors (Lipinski definition) is 2. The van der Waals surface area contributed by atoms with Crippen LogP contribution in [0.4, 0.5) is 10.5 Å². The van der Waals surface area contributed by atoms with Crippen molar-refractivity contribution in [1.29, 1.82) is 0 Å². The van der Waals surface area contributed by atoms with Crippen LogP contribution in [0.15, 0.2) is 10.5 Å². The quantitative estimate of drug-likeness (QED) is 0.810. The number of benzene rings is 1. The Hall–Kier alpha value is -2.32. The summed E-state index contributed by atoms with van der Waals surface area (Å²) in [6.45, 7) is 0.844. The van der Waals surface area contributed by atoms with E-state index in [1.54, 1.807) is 20.2 Å². The van der Waals surface area contributed by atoms with Crippen molar-refractivity contribution in [2.75, 3.05) is 32.6 Å². The zero-order valence-electron chi connectivity index (χ0n) is 15.9. The van der Waals surface area contributed by atoms with Gasteiger partial charge in [0.25, 0.3) is 5.89 Å². The predicted molar refractivity (Wildman–Crippen MR) is 105 cm³/mol. The van der Waals surface area contributed by atoms with E-state index in [4.69, 9.17) is 20.8 Å². The zero-order chi connectivity index (χ0) is 19.9. The Morgan fingerprint density at radius 2 is 2.14 bits per heavy atom. The van der Waals surface area contributed by atoms with Crippen molar-refractivity contribution in [3.8, 4) is 0 Å². The molecule has 1 saturated carbocycles. The largest absolute Gasteiger partial charge is 0.432 e. The second kappa shape index (κ2) is 7.25. The van der Waals surface area contributed by atoms with Gasteiger partial charge < -0.3 is 24.7 Å². The second-order valence-corrected chi connectivity index (χ2v) is 7.82. The summed E-state index contributed by atoms with van der Waals surface area (Å²) in [6, 6.07) is 1.36. The molecule has 1 aliphatic carbocycles. The number of oxazole rings is 1. The fraction of sp³-hybridized carbons (Fsp3) is 0.526. The first-order chi connectivity index (χ1) is 13.4. The number of ether oxygens (including phenoxy) is 1. The normalized spacial score (nSPS) is 17.9. The molecule has 8 nitrogen and oxygen atoms in total. The SMILES string of the molecule is COCCN(C)C(=O)c1nc2cc(Cl)c3c(c2o1)C1(CCCCC1)NC(=O)N3. The molecule has 28 heavy (non-hydrogen) atoms. The molecule has 2 N–H and O–H groups in total. The minimum absolute atomic E-state index is 0.000860. The minimum atomic E-state index is -0.555. The maximum absolute atomic E-state index is 12.7. The number of fused-ring (bicyclic) bond motifs is 4. The molecule has 0 saturated heterocycles. The smallest absolute Gasteiger partial charge is 0.319 e. The van der Waals surface area contributed by atoms with Gasteiger partial charge in [0, 0.05) is 26.3 Å². The second-order valence-electron chi connectivity index (χ2n) is 7.42. The molecular weight excluding hydrogens is 384 g/mol. The lowest BCUT2D eigenvalue weighted by Crippen LogP contribution is -2.52. The average Bonchev–Trinajstić information content (AvgIpc) is 3.09. The number of halogens is 1. The van der Waals surface area contributed by atoms with Gasteiger partial charge in [-0.2, -0.15) is 0 Å². The van der Waals surface area contributed by atoms with E-state index in [1.165, 1.54) is 4.90 Å². The van der Waals surface area contributed by atoms with E-state index >= 15 is 0 Å². The van der Waals surface area contributed by atoms with Crippen LogP contribution < -0.4 is 10.6 Å². The highest BCUT2D eigenvalue weighted by Crippen LogP contribution is 2.48. The van der Waals surface area contributed by atoms with E-state index in [-0.39, 0.29) is 17.8 Å². The fourth-order valence-electron chi connectivity index (χ4n) is 4.15. The molecule has 4 rings (SSSR count). The molecule has 0 radical (unpaired) electrons. The van der Waals surface area contributed by atoms with Crippen molar-refractivity contribution < 1.29 is 18.7 Å². The lowest BCUT2D eigenvalue weighted by molar-refractivity contribution is 0.0708. The number of rotatable bonds is 4. The topological polar surface area (TPSA) is 96.7 Å². The van der Waals surface area contributed by atoms with Gasteiger partial charge in [0.05, 0.1) is 22.9 Å². The van der Waals surface area contributed by atoms with Gasteiger partial charge in [-0.25, -0.2) is 9.78 Å². The number of nitrogens with one attached hydrogen (secondary N) is 2. The van der Waals surface area contributed by atoms with Crippen LogP contribution in [0, 0.1) is 0 Å². The molecule has 1 spiro atoms. The summed E-state index contributed by atoms with van der Waals surface area (Å²) < 4.78 is 11.0. The Balaban J connectivity index is 1.83. The van der Waals surface area contributed by atoms with Gasteiger partial charge in [0.15, 0.2) is 5.58 Å². The highest BCUT2D eigenvalue weighted by molar-refractivity contribution is 6.35. The van der Waals surface area contributed by atoms with Crippen molar-refractivity contribution in [1.82, 2.24) is 15.2 Å². The summed E-state index contributed by atoms with van der Waals surface area (Å²) in [5.74, 6) is -0.329. The lowest BCUT2D eigenvalue weighted by Gasteiger charge is -2.42. The molecular formula is C19H23ClN4O4. The number of nitrogens with zero attached hydrogens (tertiary/aromatic N) is 2. The molecule has 1 aromatic heterocycles. The van der Waals surface area contributed by atoms with Crippen LogP contribution in [-0.4, -0.2) is 49.1 Å². The molecule has 2 aromatic rings. The van der Waals surface area contributed by atoms with Gasteiger partial charge >= 0.3 is 11.9 Å². The van der Waals surface area contributed by atoms with Crippen LogP contribution in [0.25, 0.3) is 11.1 Å². The summed E-state index contributed by atoms with van der Waals surface area (Å²) in [5.41, 5.74) is 1.79. The van der Waals surface area contributed by atoms with Crippen molar-refractivity contribution in [2.45, 2.75) is 37.6 Å².